The molecule has 1 saturated carbocycles. The quantitative estimate of drug-likeness (QED) is 0.809. The number of hydrogen-bond acceptors (Lipinski definition) is 4. The van der Waals surface area contributed by atoms with E-state index in [0.29, 0.717) is 11.6 Å². The van der Waals surface area contributed by atoms with Crippen molar-refractivity contribution < 1.29 is 19.1 Å². The Morgan fingerprint density at radius 3 is 2.62 bits per heavy atom. The Labute approximate surface area is 145 Å². The molecule has 2 aliphatic rings. The van der Waals surface area contributed by atoms with Crippen LogP contribution in [0.4, 0.5) is 0 Å². The zero-order valence-corrected chi connectivity index (χ0v) is 14.1. The molecule has 1 heterocycles. The van der Waals surface area contributed by atoms with Gasteiger partial charge >= 0.3 is 11.8 Å². The Balaban J connectivity index is 1.40. The minimum Gasteiger partial charge on any atom is -0.347 e. The molecule has 130 valence electrons. The van der Waals surface area contributed by atoms with Crippen LogP contribution >= 0.6 is 11.6 Å². The topological polar surface area (TPSA) is 76.7 Å². The fourth-order valence-corrected chi connectivity index (χ4v) is 3.28. The van der Waals surface area contributed by atoms with Crippen LogP contribution < -0.4 is 10.6 Å². The number of amides is 2. The molecule has 1 aromatic rings. The highest BCUT2D eigenvalue weighted by Crippen LogP contribution is 2.38. The van der Waals surface area contributed by atoms with Crippen LogP contribution in [0.5, 0.6) is 0 Å². The molecule has 2 amide bonds. The predicted octanol–water partition coefficient (Wildman–Crippen LogP) is 1.76. The van der Waals surface area contributed by atoms with E-state index in [1.165, 1.54) is 0 Å². The van der Waals surface area contributed by atoms with E-state index in [2.05, 4.69) is 10.6 Å². The zero-order chi connectivity index (χ0) is 17.0. The van der Waals surface area contributed by atoms with Gasteiger partial charge in [-0.05, 0) is 24.5 Å². The molecule has 6 nitrogen and oxygen atoms in total. The van der Waals surface area contributed by atoms with Crippen LogP contribution in [0, 0.1) is 0 Å². The first-order valence-corrected chi connectivity index (χ1v) is 8.57. The van der Waals surface area contributed by atoms with E-state index in [1.54, 1.807) is 18.2 Å². The lowest BCUT2D eigenvalue weighted by Crippen LogP contribution is -2.43. The van der Waals surface area contributed by atoms with Gasteiger partial charge in [0.2, 0.25) is 0 Å². The summed E-state index contributed by atoms with van der Waals surface area (Å²) < 4.78 is 11.6. The van der Waals surface area contributed by atoms with Gasteiger partial charge in [0.15, 0.2) is 5.79 Å². The lowest BCUT2D eigenvalue weighted by Gasteiger charge is -2.21. The maximum atomic E-state index is 11.9. The molecule has 1 atom stereocenters. The molecular formula is C17H21ClN2O4. The number of halogens is 1. The highest BCUT2D eigenvalue weighted by molar-refractivity contribution is 6.35. The summed E-state index contributed by atoms with van der Waals surface area (Å²) in [5.74, 6) is -1.83. The fraction of sp³-hybridized carbons (Fsp3) is 0.529. The van der Waals surface area contributed by atoms with Gasteiger partial charge in [-0.2, -0.15) is 0 Å². The smallest absolute Gasteiger partial charge is 0.309 e. The van der Waals surface area contributed by atoms with Crippen LogP contribution in [0.2, 0.25) is 5.02 Å². The van der Waals surface area contributed by atoms with Crippen molar-refractivity contribution in [3.63, 3.8) is 0 Å². The average Bonchev–Trinajstić information content (AvgIpc) is 3.21. The van der Waals surface area contributed by atoms with Gasteiger partial charge in [0.05, 0.1) is 6.61 Å². The lowest BCUT2D eigenvalue weighted by molar-refractivity contribution is -0.161. The maximum Gasteiger partial charge on any atom is 0.309 e. The summed E-state index contributed by atoms with van der Waals surface area (Å²) in [6.07, 6.45) is 3.79. The van der Waals surface area contributed by atoms with Gasteiger partial charge < -0.3 is 20.1 Å². The minimum atomic E-state index is -0.690. The minimum absolute atomic E-state index is 0.205. The molecular weight excluding hydrogens is 332 g/mol. The summed E-state index contributed by atoms with van der Waals surface area (Å²) in [5, 5.41) is 5.70. The second kappa shape index (κ2) is 7.51. The van der Waals surface area contributed by atoms with Crippen molar-refractivity contribution in [1.82, 2.24) is 10.6 Å². The second-order valence-electron chi connectivity index (χ2n) is 6.15. The molecule has 7 heteroatoms. The standard InChI is InChI=1S/C17H21ClN2O4/c18-14-6-2-1-5-12(14)9-19-15(21)16(22)20-10-13-11-23-17(24-13)7-3-4-8-17/h1-2,5-6,13H,3-4,7-11H2,(H,19,21)(H,20,22)/t13-/m1/s1. The van der Waals surface area contributed by atoms with E-state index in [9.17, 15) is 9.59 Å². The van der Waals surface area contributed by atoms with E-state index in [-0.39, 0.29) is 19.2 Å². The Bertz CT molecular complexity index is 616. The number of rotatable bonds is 4. The van der Waals surface area contributed by atoms with E-state index >= 15 is 0 Å². The summed E-state index contributed by atoms with van der Waals surface area (Å²) in [5.41, 5.74) is 0.760. The first-order valence-electron chi connectivity index (χ1n) is 8.19. The first-order chi connectivity index (χ1) is 11.6. The lowest BCUT2D eigenvalue weighted by atomic mass is 10.2. The van der Waals surface area contributed by atoms with Crippen LogP contribution in [-0.2, 0) is 25.6 Å². The molecule has 2 N–H and O–H groups in total. The third kappa shape index (κ3) is 4.06. The molecule has 0 unspecified atom stereocenters. The third-order valence-corrected chi connectivity index (χ3v) is 4.74. The molecule has 0 aromatic heterocycles. The van der Waals surface area contributed by atoms with Gasteiger partial charge in [-0.15, -0.1) is 0 Å². The van der Waals surface area contributed by atoms with E-state index in [4.69, 9.17) is 21.1 Å². The Hall–Kier alpha value is -1.63. The van der Waals surface area contributed by atoms with Gasteiger partial charge in [-0.1, -0.05) is 29.8 Å². The molecule has 1 saturated heterocycles. The van der Waals surface area contributed by atoms with Crippen molar-refractivity contribution >= 4 is 23.4 Å². The predicted molar refractivity (Wildman–Crippen MR) is 88.3 cm³/mol. The summed E-state index contributed by atoms with van der Waals surface area (Å²) in [7, 11) is 0. The van der Waals surface area contributed by atoms with Crippen molar-refractivity contribution in [2.45, 2.75) is 44.1 Å². The molecule has 2 fully saturated rings. The van der Waals surface area contributed by atoms with Crippen LogP contribution in [0.1, 0.15) is 31.2 Å². The molecule has 1 aliphatic carbocycles. The normalized spacial score (nSPS) is 21.8. The Morgan fingerprint density at radius 2 is 1.88 bits per heavy atom. The molecule has 1 spiro atoms. The maximum absolute atomic E-state index is 11.9. The van der Waals surface area contributed by atoms with Crippen molar-refractivity contribution in [2.75, 3.05) is 13.2 Å². The number of hydrogen-bond donors (Lipinski definition) is 2. The first kappa shape index (κ1) is 17.2. The number of carbonyl (C=O) groups excluding carboxylic acids is 2. The fourth-order valence-electron chi connectivity index (χ4n) is 3.08. The Morgan fingerprint density at radius 1 is 1.17 bits per heavy atom. The second-order valence-corrected chi connectivity index (χ2v) is 6.56. The Kier molecular flexibility index (Phi) is 5.38. The van der Waals surface area contributed by atoms with E-state index < -0.39 is 17.6 Å². The van der Waals surface area contributed by atoms with Crippen molar-refractivity contribution in [3.8, 4) is 0 Å². The highest BCUT2D eigenvalue weighted by atomic mass is 35.5. The third-order valence-electron chi connectivity index (χ3n) is 4.37. The molecule has 1 aromatic carbocycles. The monoisotopic (exact) mass is 352 g/mol. The number of carbonyl (C=O) groups is 2. The average molecular weight is 353 g/mol. The molecule has 3 rings (SSSR count). The van der Waals surface area contributed by atoms with Crippen molar-refractivity contribution in [2.24, 2.45) is 0 Å². The molecule has 0 bridgehead atoms. The SMILES string of the molecule is O=C(NCc1ccccc1Cl)C(=O)NC[C@@H]1COC2(CCCC2)O1. The number of nitrogens with one attached hydrogen (secondary N) is 2. The molecule has 1 aliphatic heterocycles. The van der Waals surface area contributed by atoms with Gasteiger partial charge in [0, 0.05) is 31.0 Å². The van der Waals surface area contributed by atoms with Gasteiger partial charge in [-0.25, -0.2) is 0 Å². The molecule has 0 radical (unpaired) electrons. The summed E-state index contributed by atoms with van der Waals surface area (Å²) in [4.78, 5) is 23.7. The highest BCUT2D eigenvalue weighted by Gasteiger charge is 2.43. The van der Waals surface area contributed by atoms with Crippen LogP contribution in [0.3, 0.4) is 0 Å². The van der Waals surface area contributed by atoms with Gasteiger partial charge in [0.1, 0.15) is 6.10 Å². The summed E-state index contributed by atoms with van der Waals surface area (Å²) in [6, 6.07) is 7.16. The number of ether oxygens (including phenoxy) is 2. The summed E-state index contributed by atoms with van der Waals surface area (Å²) >= 11 is 6.01. The van der Waals surface area contributed by atoms with E-state index in [1.807, 2.05) is 6.07 Å². The number of benzene rings is 1. The van der Waals surface area contributed by atoms with Gasteiger partial charge in [0.25, 0.3) is 0 Å². The molecule has 24 heavy (non-hydrogen) atoms. The van der Waals surface area contributed by atoms with Crippen LogP contribution in [0.25, 0.3) is 0 Å². The zero-order valence-electron chi connectivity index (χ0n) is 13.3. The van der Waals surface area contributed by atoms with Crippen molar-refractivity contribution in [3.05, 3.63) is 34.9 Å². The van der Waals surface area contributed by atoms with Gasteiger partial charge in [-0.3, -0.25) is 9.59 Å². The largest absolute Gasteiger partial charge is 0.347 e. The van der Waals surface area contributed by atoms with E-state index in [0.717, 1.165) is 31.2 Å². The van der Waals surface area contributed by atoms with Crippen molar-refractivity contribution in [1.29, 1.82) is 0 Å². The van der Waals surface area contributed by atoms with Crippen LogP contribution in [0.15, 0.2) is 24.3 Å². The summed E-state index contributed by atoms with van der Waals surface area (Å²) in [6.45, 7) is 0.916. The van der Waals surface area contributed by atoms with Crippen LogP contribution in [-0.4, -0.2) is 36.9 Å².